The van der Waals surface area contributed by atoms with Crippen molar-refractivity contribution in [3.63, 3.8) is 0 Å². The Bertz CT molecular complexity index is 402. The van der Waals surface area contributed by atoms with Crippen molar-refractivity contribution in [2.75, 3.05) is 7.05 Å². The van der Waals surface area contributed by atoms with Crippen molar-refractivity contribution in [3.05, 3.63) is 34.3 Å². The topological polar surface area (TPSA) is 12.0 Å². The second-order valence-corrected chi connectivity index (χ2v) is 7.12. The van der Waals surface area contributed by atoms with Crippen molar-refractivity contribution in [1.82, 2.24) is 5.32 Å². The summed E-state index contributed by atoms with van der Waals surface area (Å²) in [5.41, 5.74) is 1.46. The molecule has 1 fully saturated rings. The molecule has 3 unspecified atom stereocenters. The zero-order valence-corrected chi connectivity index (χ0v) is 13.9. The quantitative estimate of drug-likeness (QED) is 0.850. The zero-order chi connectivity index (χ0) is 13.8. The molecule has 2 heteroatoms. The van der Waals surface area contributed by atoms with Crippen molar-refractivity contribution in [3.8, 4) is 0 Å². The van der Waals surface area contributed by atoms with E-state index in [4.69, 9.17) is 0 Å². The second-order valence-electron chi connectivity index (χ2n) is 6.27. The van der Waals surface area contributed by atoms with Gasteiger partial charge >= 0.3 is 0 Å². The van der Waals surface area contributed by atoms with E-state index in [-0.39, 0.29) is 0 Å². The summed E-state index contributed by atoms with van der Waals surface area (Å²) < 4.78 is 1.26. The van der Waals surface area contributed by atoms with E-state index in [1.54, 1.807) is 0 Å². The Morgan fingerprint density at radius 2 is 2.00 bits per heavy atom. The molecular formula is C17H26BrN. The van der Waals surface area contributed by atoms with Crippen molar-refractivity contribution in [2.24, 2.45) is 17.8 Å². The Hall–Kier alpha value is -0.340. The molecule has 0 heterocycles. The minimum absolute atomic E-state index is 0.683. The van der Waals surface area contributed by atoms with Crippen LogP contribution in [0.5, 0.6) is 0 Å². The fraction of sp³-hybridized carbons (Fsp3) is 0.647. The number of rotatable bonds is 4. The van der Waals surface area contributed by atoms with Gasteiger partial charge in [-0.2, -0.15) is 0 Å². The number of halogens is 1. The smallest absolute Gasteiger partial charge is 0.0207 e. The highest BCUT2D eigenvalue weighted by Crippen LogP contribution is 2.36. The molecule has 106 valence electrons. The summed E-state index contributed by atoms with van der Waals surface area (Å²) in [6.45, 7) is 4.75. The molecule has 0 aromatic heterocycles. The van der Waals surface area contributed by atoms with Gasteiger partial charge in [-0.3, -0.25) is 0 Å². The average molecular weight is 324 g/mol. The van der Waals surface area contributed by atoms with Gasteiger partial charge in [0.15, 0.2) is 0 Å². The van der Waals surface area contributed by atoms with E-state index in [0.29, 0.717) is 6.04 Å². The predicted octanol–water partition coefficient (Wildman–Crippen LogP) is 4.65. The number of benzene rings is 1. The SMILES string of the molecule is CNC1CCC(C(C)C)CC1Cc1ccccc1Br. The van der Waals surface area contributed by atoms with Crippen LogP contribution in [0.1, 0.15) is 38.7 Å². The van der Waals surface area contributed by atoms with E-state index >= 15 is 0 Å². The van der Waals surface area contributed by atoms with Crippen LogP contribution in [0.4, 0.5) is 0 Å². The van der Waals surface area contributed by atoms with Gasteiger partial charge in [-0.05, 0) is 62.1 Å². The predicted molar refractivity (Wildman–Crippen MR) is 86.4 cm³/mol. The van der Waals surface area contributed by atoms with E-state index in [9.17, 15) is 0 Å². The van der Waals surface area contributed by atoms with Gasteiger partial charge in [0.2, 0.25) is 0 Å². The molecule has 1 N–H and O–H groups in total. The maximum atomic E-state index is 3.69. The van der Waals surface area contributed by atoms with E-state index in [2.05, 4.69) is 66.4 Å². The third kappa shape index (κ3) is 3.82. The summed E-state index contributed by atoms with van der Waals surface area (Å²) in [6.07, 6.45) is 5.27. The monoisotopic (exact) mass is 323 g/mol. The minimum Gasteiger partial charge on any atom is -0.317 e. The molecule has 19 heavy (non-hydrogen) atoms. The van der Waals surface area contributed by atoms with Gasteiger partial charge in [0, 0.05) is 10.5 Å². The molecule has 0 radical (unpaired) electrons. The van der Waals surface area contributed by atoms with E-state index < -0.39 is 0 Å². The first-order valence-corrected chi connectivity index (χ1v) is 8.31. The van der Waals surface area contributed by atoms with Gasteiger partial charge in [-0.25, -0.2) is 0 Å². The Morgan fingerprint density at radius 3 is 2.63 bits per heavy atom. The molecule has 0 bridgehead atoms. The van der Waals surface area contributed by atoms with Crippen molar-refractivity contribution < 1.29 is 0 Å². The normalized spacial score (nSPS) is 27.7. The lowest BCUT2D eigenvalue weighted by molar-refractivity contribution is 0.172. The molecule has 1 nitrogen and oxygen atoms in total. The highest BCUT2D eigenvalue weighted by atomic mass is 79.9. The van der Waals surface area contributed by atoms with Crippen LogP contribution in [0.2, 0.25) is 0 Å². The summed E-state index contributed by atoms with van der Waals surface area (Å²) in [5.74, 6) is 2.49. The molecule has 3 atom stereocenters. The first kappa shape index (κ1) is 15.1. The van der Waals surface area contributed by atoms with Crippen LogP contribution in [0, 0.1) is 17.8 Å². The van der Waals surface area contributed by atoms with Gasteiger partial charge in [0.25, 0.3) is 0 Å². The Kier molecular flexibility index (Phi) is 5.47. The molecule has 1 aromatic rings. The number of hydrogen-bond donors (Lipinski definition) is 1. The maximum Gasteiger partial charge on any atom is 0.0207 e. The van der Waals surface area contributed by atoms with E-state index in [1.165, 1.54) is 35.7 Å². The average Bonchev–Trinajstić information content (AvgIpc) is 2.41. The van der Waals surface area contributed by atoms with Crippen molar-refractivity contribution in [1.29, 1.82) is 0 Å². The molecule has 0 spiro atoms. The van der Waals surface area contributed by atoms with Crippen molar-refractivity contribution in [2.45, 2.75) is 45.6 Å². The fourth-order valence-corrected chi connectivity index (χ4v) is 3.90. The Labute approximate surface area is 126 Å². The molecule has 1 aliphatic carbocycles. The first-order chi connectivity index (χ1) is 9.11. The van der Waals surface area contributed by atoms with E-state index in [0.717, 1.165) is 17.8 Å². The molecule has 0 amide bonds. The largest absolute Gasteiger partial charge is 0.317 e. The summed E-state index contributed by atoms with van der Waals surface area (Å²) in [5, 5.41) is 3.54. The van der Waals surface area contributed by atoms with Gasteiger partial charge in [-0.15, -0.1) is 0 Å². The lowest BCUT2D eigenvalue weighted by Gasteiger charge is -2.38. The highest BCUT2D eigenvalue weighted by molar-refractivity contribution is 9.10. The Morgan fingerprint density at radius 1 is 1.26 bits per heavy atom. The fourth-order valence-electron chi connectivity index (χ4n) is 3.46. The Balaban J connectivity index is 2.08. The molecule has 1 saturated carbocycles. The lowest BCUT2D eigenvalue weighted by Crippen LogP contribution is -2.40. The number of nitrogens with one attached hydrogen (secondary N) is 1. The third-order valence-corrected chi connectivity index (χ3v) is 5.55. The van der Waals surface area contributed by atoms with Crippen LogP contribution in [0.15, 0.2) is 28.7 Å². The zero-order valence-electron chi connectivity index (χ0n) is 12.3. The second kappa shape index (κ2) is 6.90. The molecule has 2 rings (SSSR count). The molecule has 0 aliphatic heterocycles. The molecule has 1 aliphatic rings. The molecular weight excluding hydrogens is 298 g/mol. The van der Waals surface area contributed by atoms with Crippen LogP contribution in [0.25, 0.3) is 0 Å². The molecule has 1 aromatic carbocycles. The summed E-state index contributed by atoms with van der Waals surface area (Å²) in [4.78, 5) is 0. The highest BCUT2D eigenvalue weighted by Gasteiger charge is 2.31. The third-order valence-electron chi connectivity index (χ3n) is 4.78. The summed E-state index contributed by atoms with van der Waals surface area (Å²) in [6, 6.07) is 9.35. The van der Waals surface area contributed by atoms with Crippen LogP contribution in [-0.2, 0) is 6.42 Å². The first-order valence-electron chi connectivity index (χ1n) is 7.52. The van der Waals surface area contributed by atoms with Gasteiger partial charge < -0.3 is 5.32 Å². The van der Waals surface area contributed by atoms with Gasteiger partial charge in [0.1, 0.15) is 0 Å². The van der Waals surface area contributed by atoms with Gasteiger partial charge in [0.05, 0.1) is 0 Å². The summed E-state index contributed by atoms with van der Waals surface area (Å²) in [7, 11) is 2.12. The van der Waals surface area contributed by atoms with E-state index in [1.807, 2.05) is 0 Å². The van der Waals surface area contributed by atoms with Crippen LogP contribution in [-0.4, -0.2) is 13.1 Å². The van der Waals surface area contributed by atoms with Crippen LogP contribution in [0.3, 0.4) is 0 Å². The number of hydrogen-bond acceptors (Lipinski definition) is 1. The maximum absolute atomic E-state index is 3.69. The molecule has 0 saturated heterocycles. The minimum atomic E-state index is 0.683. The van der Waals surface area contributed by atoms with Gasteiger partial charge in [-0.1, -0.05) is 48.0 Å². The lowest BCUT2D eigenvalue weighted by atomic mass is 9.72. The summed E-state index contributed by atoms with van der Waals surface area (Å²) >= 11 is 3.69. The van der Waals surface area contributed by atoms with Crippen LogP contribution >= 0.6 is 15.9 Å². The standard InChI is InChI=1S/C17H26BrN/c1-12(2)13-8-9-17(19-3)15(10-13)11-14-6-4-5-7-16(14)18/h4-7,12-13,15,17,19H,8-11H2,1-3H3. The van der Waals surface area contributed by atoms with Crippen LogP contribution < -0.4 is 5.32 Å². The van der Waals surface area contributed by atoms with Crippen molar-refractivity contribution >= 4 is 15.9 Å².